The topological polar surface area (TPSA) is 98.3 Å². The number of fused-ring (bicyclic) bond motifs is 1. The zero-order chi connectivity index (χ0) is 18.0. The van der Waals surface area contributed by atoms with Gasteiger partial charge in [-0.05, 0) is 43.7 Å². The molecule has 0 aliphatic rings. The third kappa shape index (κ3) is 3.88. The van der Waals surface area contributed by atoms with E-state index in [-0.39, 0.29) is 12.8 Å². The standard InChI is InChI=1S/C17H16ClN3O4/c1-10-7-15(20-19-9-10)17(2,18)24-11-3-5-14-12(8-11)13(21-25-14)4-6-16(22)23/h3,5,7-9H,4,6H2,1-2H3,(H,22,23). The molecule has 1 unspecified atom stereocenters. The van der Waals surface area contributed by atoms with Gasteiger partial charge in [0.25, 0.3) is 0 Å². The molecule has 3 aromatic rings. The Labute approximate surface area is 148 Å². The largest absolute Gasteiger partial charge is 0.481 e. The van der Waals surface area contributed by atoms with Crippen LogP contribution in [0.15, 0.2) is 35.0 Å². The van der Waals surface area contributed by atoms with Crippen molar-refractivity contribution in [2.45, 2.75) is 31.7 Å². The van der Waals surface area contributed by atoms with Crippen LogP contribution in [0.4, 0.5) is 0 Å². The number of benzene rings is 1. The molecule has 0 amide bonds. The highest BCUT2D eigenvalue weighted by Gasteiger charge is 2.28. The van der Waals surface area contributed by atoms with Gasteiger partial charge in [-0.2, -0.15) is 5.10 Å². The van der Waals surface area contributed by atoms with Crippen molar-refractivity contribution in [1.82, 2.24) is 15.4 Å². The van der Waals surface area contributed by atoms with Crippen LogP contribution in [0.3, 0.4) is 0 Å². The van der Waals surface area contributed by atoms with Gasteiger partial charge in [0.1, 0.15) is 11.4 Å². The Kier molecular flexibility index (Phi) is 4.59. The van der Waals surface area contributed by atoms with Crippen LogP contribution in [0.25, 0.3) is 11.0 Å². The Morgan fingerprint density at radius 1 is 1.40 bits per heavy atom. The molecule has 0 saturated heterocycles. The predicted molar refractivity (Wildman–Crippen MR) is 90.6 cm³/mol. The van der Waals surface area contributed by atoms with Gasteiger partial charge in [0.05, 0.1) is 18.3 Å². The first kappa shape index (κ1) is 17.2. The number of hydrogen-bond acceptors (Lipinski definition) is 6. The van der Waals surface area contributed by atoms with E-state index in [1.54, 1.807) is 37.4 Å². The van der Waals surface area contributed by atoms with Crippen molar-refractivity contribution in [2.75, 3.05) is 0 Å². The minimum absolute atomic E-state index is 0.0289. The van der Waals surface area contributed by atoms with Crippen molar-refractivity contribution in [3.63, 3.8) is 0 Å². The summed E-state index contributed by atoms with van der Waals surface area (Å²) in [6.45, 7) is 3.57. The molecule has 1 N–H and O–H groups in total. The average Bonchev–Trinajstić information content (AvgIpc) is 2.95. The first-order chi connectivity index (χ1) is 11.8. The van der Waals surface area contributed by atoms with Crippen LogP contribution in [-0.4, -0.2) is 26.4 Å². The number of aromatic nitrogens is 3. The molecule has 0 spiro atoms. The summed E-state index contributed by atoms with van der Waals surface area (Å²) >= 11 is 6.49. The monoisotopic (exact) mass is 361 g/mol. The molecule has 2 heterocycles. The number of alkyl halides is 1. The fourth-order valence-corrected chi connectivity index (χ4v) is 2.57. The van der Waals surface area contributed by atoms with Crippen LogP contribution in [-0.2, 0) is 16.3 Å². The van der Waals surface area contributed by atoms with Crippen molar-refractivity contribution in [3.05, 3.63) is 47.4 Å². The number of carboxylic acids is 1. The molecule has 0 fully saturated rings. The van der Waals surface area contributed by atoms with E-state index in [2.05, 4.69) is 15.4 Å². The first-order valence-corrected chi connectivity index (χ1v) is 8.01. The lowest BCUT2D eigenvalue weighted by Crippen LogP contribution is -2.24. The van der Waals surface area contributed by atoms with Crippen LogP contribution >= 0.6 is 11.6 Å². The Balaban J connectivity index is 1.88. The Bertz CT molecular complexity index is 923. The van der Waals surface area contributed by atoms with Crippen molar-refractivity contribution in [3.8, 4) is 5.75 Å². The third-order valence-electron chi connectivity index (χ3n) is 3.65. The molecule has 25 heavy (non-hydrogen) atoms. The number of aliphatic carboxylic acids is 1. The van der Waals surface area contributed by atoms with E-state index >= 15 is 0 Å². The molecule has 130 valence electrons. The number of rotatable bonds is 6. The molecule has 0 aliphatic carbocycles. The summed E-state index contributed by atoms with van der Waals surface area (Å²) in [5, 5.41) is 20.2. The second kappa shape index (κ2) is 6.68. The summed E-state index contributed by atoms with van der Waals surface area (Å²) in [6.07, 6.45) is 1.88. The lowest BCUT2D eigenvalue weighted by molar-refractivity contribution is -0.136. The second-order valence-electron chi connectivity index (χ2n) is 5.82. The minimum atomic E-state index is -1.20. The number of nitrogens with zero attached hydrogens (tertiary/aromatic N) is 3. The highest BCUT2D eigenvalue weighted by atomic mass is 35.5. The van der Waals surface area contributed by atoms with Crippen LogP contribution in [0, 0.1) is 6.92 Å². The molecule has 1 atom stereocenters. The van der Waals surface area contributed by atoms with Gasteiger partial charge < -0.3 is 14.4 Å². The van der Waals surface area contributed by atoms with Crippen molar-refractivity contribution in [2.24, 2.45) is 0 Å². The molecule has 1 aromatic carbocycles. The molecular formula is C17H16ClN3O4. The van der Waals surface area contributed by atoms with Gasteiger partial charge in [-0.3, -0.25) is 4.79 Å². The van der Waals surface area contributed by atoms with Gasteiger partial charge in [0, 0.05) is 11.8 Å². The van der Waals surface area contributed by atoms with Gasteiger partial charge in [0.15, 0.2) is 5.58 Å². The smallest absolute Gasteiger partial charge is 0.303 e. The molecule has 3 rings (SSSR count). The lowest BCUT2D eigenvalue weighted by atomic mass is 10.1. The number of aryl methyl sites for hydroxylation is 2. The Hall–Kier alpha value is -2.67. The molecule has 2 aromatic heterocycles. The van der Waals surface area contributed by atoms with E-state index in [1.807, 2.05) is 6.92 Å². The van der Waals surface area contributed by atoms with Gasteiger partial charge in [-0.1, -0.05) is 16.8 Å². The zero-order valence-electron chi connectivity index (χ0n) is 13.7. The summed E-state index contributed by atoms with van der Waals surface area (Å²) < 4.78 is 11.1. The minimum Gasteiger partial charge on any atom is -0.481 e. The maximum absolute atomic E-state index is 10.8. The van der Waals surface area contributed by atoms with E-state index in [9.17, 15) is 4.79 Å². The summed E-state index contributed by atoms with van der Waals surface area (Å²) in [5.74, 6) is -0.400. The van der Waals surface area contributed by atoms with Crippen molar-refractivity contribution >= 4 is 28.5 Å². The van der Waals surface area contributed by atoms with E-state index < -0.39 is 11.0 Å². The number of carbonyl (C=O) groups is 1. The fourth-order valence-electron chi connectivity index (χ4n) is 2.39. The SMILES string of the molecule is Cc1cnnc(C(C)(Cl)Oc2ccc3onc(CCC(=O)O)c3c2)c1. The van der Waals surface area contributed by atoms with Crippen LogP contribution in [0.1, 0.15) is 30.3 Å². The molecule has 0 bridgehead atoms. The van der Waals surface area contributed by atoms with Crippen LogP contribution < -0.4 is 4.74 Å². The van der Waals surface area contributed by atoms with Crippen LogP contribution in [0.5, 0.6) is 5.75 Å². The maximum atomic E-state index is 10.8. The van der Waals surface area contributed by atoms with E-state index in [0.717, 1.165) is 5.56 Å². The molecule has 0 radical (unpaired) electrons. The summed E-state index contributed by atoms with van der Waals surface area (Å²) in [7, 11) is 0. The van der Waals surface area contributed by atoms with Crippen LogP contribution in [0.2, 0.25) is 0 Å². The second-order valence-corrected chi connectivity index (χ2v) is 6.54. The lowest BCUT2D eigenvalue weighted by Gasteiger charge is -2.23. The summed E-state index contributed by atoms with van der Waals surface area (Å²) in [4.78, 5) is 10.8. The molecule has 8 heteroatoms. The van der Waals surface area contributed by atoms with E-state index in [4.69, 9.17) is 26.0 Å². The Morgan fingerprint density at radius 3 is 2.92 bits per heavy atom. The van der Waals surface area contributed by atoms with Gasteiger partial charge >= 0.3 is 5.97 Å². The molecular weight excluding hydrogens is 346 g/mol. The number of halogens is 1. The molecule has 7 nitrogen and oxygen atoms in total. The Morgan fingerprint density at radius 2 is 2.20 bits per heavy atom. The number of ether oxygens (including phenoxy) is 1. The zero-order valence-corrected chi connectivity index (χ0v) is 14.4. The third-order valence-corrected chi connectivity index (χ3v) is 3.92. The highest BCUT2D eigenvalue weighted by molar-refractivity contribution is 6.22. The first-order valence-electron chi connectivity index (χ1n) is 7.63. The average molecular weight is 362 g/mol. The number of carboxylic acid groups (broad SMARTS) is 1. The van der Waals surface area contributed by atoms with E-state index in [1.165, 1.54) is 0 Å². The fraction of sp³-hybridized carbons (Fsp3) is 0.294. The van der Waals surface area contributed by atoms with Gasteiger partial charge in [-0.15, -0.1) is 5.10 Å². The van der Waals surface area contributed by atoms with Crippen molar-refractivity contribution < 1.29 is 19.2 Å². The van der Waals surface area contributed by atoms with Gasteiger partial charge in [0.2, 0.25) is 5.06 Å². The summed E-state index contributed by atoms with van der Waals surface area (Å²) in [6, 6.07) is 6.94. The number of hydrogen-bond donors (Lipinski definition) is 1. The molecule has 0 aliphatic heterocycles. The quantitative estimate of drug-likeness (QED) is 0.671. The summed E-state index contributed by atoms with van der Waals surface area (Å²) in [5.41, 5.74) is 2.53. The highest BCUT2D eigenvalue weighted by Crippen LogP contribution is 2.33. The molecule has 0 saturated carbocycles. The predicted octanol–water partition coefficient (Wildman–Crippen LogP) is 3.43. The maximum Gasteiger partial charge on any atom is 0.303 e. The van der Waals surface area contributed by atoms with E-state index in [0.29, 0.717) is 28.1 Å². The van der Waals surface area contributed by atoms with Gasteiger partial charge in [-0.25, -0.2) is 0 Å². The van der Waals surface area contributed by atoms with Crippen molar-refractivity contribution in [1.29, 1.82) is 0 Å². The normalized spacial score (nSPS) is 13.6.